The Morgan fingerprint density at radius 2 is 2.00 bits per heavy atom. The molecule has 0 aliphatic heterocycles. The van der Waals surface area contributed by atoms with Crippen LogP contribution in [-0.2, 0) is 0 Å². The van der Waals surface area contributed by atoms with Crippen molar-refractivity contribution in [3.63, 3.8) is 0 Å². The second-order valence-electron chi connectivity index (χ2n) is 3.02. The Hall–Kier alpha value is -0.0100. The van der Waals surface area contributed by atoms with Crippen LogP contribution in [0.25, 0.3) is 0 Å². The monoisotopic (exact) mass is 390 g/mol. The molecule has 0 unspecified atom stereocenters. The second kappa shape index (κ2) is 6.24. The van der Waals surface area contributed by atoms with Crippen LogP contribution >= 0.6 is 43.6 Å². The van der Waals surface area contributed by atoms with E-state index in [1.807, 2.05) is 0 Å². The Balaban J connectivity index is 3.13. The van der Waals surface area contributed by atoms with Crippen LogP contribution in [0.15, 0.2) is 27.6 Å². The Bertz CT molecular complexity index is 421. The maximum absolute atomic E-state index is 12.3. The number of thioether (sulfide) groups is 1. The molecule has 0 atom stereocenters. The molecule has 1 nitrogen and oxygen atoms in total. The van der Waals surface area contributed by atoms with Crippen LogP contribution in [-0.4, -0.2) is 16.6 Å². The fourth-order valence-electron chi connectivity index (χ4n) is 1.20. The van der Waals surface area contributed by atoms with Gasteiger partial charge in [0, 0.05) is 26.7 Å². The van der Waals surface area contributed by atoms with Crippen LogP contribution < -0.4 is 0 Å². The van der Waals surface area contributed by atoms with Crippen molar-refractivity contribution in [2.75, 3.05) is 5.33 Å². The highest BCUT2D eigenvalue weighted by atomic mass is 79.9. The van der Waals surface area contributed by atoms with Gasteiger partial charge in [0.15, 0.2) is 5.78 Å². The van der Waals surface area contributed by atoms with Gasteiger partial charge in [-0.2, -0.15) is 13.2 Å². The molecular weight excluding hydrogens is 385 g/mol. The fourth-order valence-corrected chi connectivity index (χ4v) is 3.00. The van der Waals surface area contributed by atoms with Gasteiger partial charge in [0.25, 0.3) is 0 Å². The van der Waals surface area contributed by atoms with E-state index in [9.17, 15) is 18.0 Å². The molecule has 0 heterocycles. The summed E-state index contributed by atoms with van der Waals surface area (Å²) in [6.07, 6.45) is 0.161. The van der Waals surface area contributed by atoms with Gasteiger partial charge in [-0.3, -0.25) is 4.79 Å². The Kier molecular flexibility index (Phi) is 5.53. The molecule has 0 fully saturated rings. The molecule has 0 saturated carbocycles. The van der Waals surface area contributed by atoms with Crippen molar-refractivity contribution in [3.8, 4) is 0 Å². The predicted octanol–water partition coefficient (Wildman–Crippen LogP) is 5.03. The molecule has 0 radical (unpaired) electrons. The lowest BCUT2D eigenvalue weighted by Gasteiger charge is -2.11. The maximum Gasteiger partial charge on any atom is 0.446 e. The highest BCUT2D eigenvalue weighted by Crippen LogP contribution is 2.40. The minimum absolute atomic E-state index is 0.0715. The van der Waals surface area contributed by atoms with Crippen LogP contribution in [0.1, 0.15) is 16.8 Å². The van der Waals surface area contributed by atoms with Crippen molar-refractivity contribution < 1.29 is 18.0 Å². The van der Waals surface area contributed by atoms with E-state index in [0.717, 1.165) is 0 Å². The highest BCUT2D eigenvalue weighted by Gasteiger charge is 2.31. The standard InChI is InChI=1S/C10H7Br2F3OS/c11-5-4-7(16)9-6(12)2-1-3-8(9)17-10(13,14)15/h1-3H,4-5H2. The number of halogens is 5. The van der Waals surface area contributed by atoms with E-state index in [1.165, 1.54) is 12.1 Å². The number of hydrogen-bond acceptors (Lipinski definition) is 2. The largest absolute Gasteiger partial charge is 0.446 e. The zero-order valence-corrected chi connectivity index (χ0v) is 12.3. The molecule has 0 spiro atoms. The van der Waals surface area contributed by atoms with Gasteiger partial charge in [-0.1, -0.05) is 37.9 Å². The van der Waals surface area contributed by atoms with Crippen LogP contribution in [0.4, 0.5) is 13.2 Å². The van der Waals surface area contributed by atoms with Gasteiger partial charge in [0.2, 0.25) is 0 Å². The summed E-state index contributed by atoms with van der Waals surface area (Å²) in [5, 5.41) is 0.420. The van der Waals surface area contributed by atoms with Crippen LogP contribution in [0.3, 0.4) is 0 Å². The Labute approximate surface area is 117 Å². The minimum atomic E-state index is -4.40. The quantitative estimate of drug-likeness (QED) is 0.406. The number of hydrogen-bond donors (Lipinski definition) is 0. The van der Waals surface area contributed by atoms with Crippen molar-refractivity contribution in [2.45, 2.75) is 16.8 Å². The topological polar surface area (TPSA) is 17.1 Å². The zero-order valence-electron chi connectivity index (χ0n) is 8.35. The van der Waals surface area contributed by atoms with Gasteiger partial charge < -0.3 is 0 Å². The van der Waals surface area contributed by atoms with Crippen molar-refractivity contribution in [2.24, 2.45) is 0 Å². The predicted molar refractivity (Wildman–Crippen MR) is 68.8 cm³/mol. The van der Waals surface area contributed by atoms with E-state index >= 15 is 0 Å². The number of benzene rings is 1. The molecule has 0 saturated heterocycles. The lowest BCUT2D eigenvalue weighted by molar-refractivity contribution is -0.0328. The van der Waals surface area contributed by atoms with Gasteiger partial charge in [0.1, 0.15) is 0 Å². The summed E-state index contributed by atoms with van der Waals surface area (Å²) < 4.78 is 37.4. The average molecular weight is 392 g/mol. The van der Waals surface area contributed by atoms with Gasteiger partial charge >= 0.3 is 5.51 Å². The van der Waals surface area contributed by atoms with Gasteiger partial charge in [-0.05, 0) is 23.9 Å². The summed E-state index contributed by atoms with van der Waals surface area (Å²) in [7, 11) is 0. The smallest absolute Gasteiger partial charge is 0.294 e. The number of rotatable bonds is 4. The molecule has 17 heavy (non-hydrogen) atoms. The fraction of sp³-hybridized carbons (Fsp3) is 0.300. The Morgan fingerprint density at radius 1 is 1.35 bits per heavy atom. The summed E-state index contributed by atoms with van der Waals surface area (Å²) in [6, 6.07) is 4.33. The molecular formula is C10H7Br2F3OS. The third-order valence-electron chi connectivity index (χ3n) is 1.80. The average Bonchev–Trinajstić information content (AvgIpc) is 2.15. The van der Waals surface area contributed by atoms with E-state index in [2.05, 4.69) is 31.9 Å². The van der Waals surface area contributed by atoms with Crippen molar-refractivity contribution in [3.05, 3.63) is 28.2 Å². The van der Waals surface area contributed by atoms with Gasteiger partial charge in [0.05, 0.1) is 0 Å². The van der Waals surface area contributed by atoms with Crippen LogP contribution in [0.2, 0.25) is 0 Å². The maximum atomic E-state index is 12.3. The lowest BCUT2D eigenvalue weighted by Crippen LogP contribution is -2.06. The summed E-state index contributed by atoms with van der Waals surface area (Å²) in [5.74, 6) is -0.318. The molecule has 1 rings (SSSR count). The third-order valence-corrected chi connectivity index (χ3v) is 3.65. The van der Waals surface area contributed by atoms with E-state index in [-0.39, 0.29) is 34.4 Å². The SMILES string of the molecule is O=C(CCBr)c1c(Br)cccc1SC(F)(F)F. The zero-order chi connectivity index (χ0) is 13.1. The molecule has 0 aliphatic carbocycles. The first-order valence-electron chi connectivity index (χ1n) is 4.48. The van der Waals surface area contributed by atoms with E-state index in [4.69, 9.17) is 0 Å². The molecule has 1 aromatic rings. The lowest BCUT2D eigenvalue weighted by atomic mass is 10.1. The first-order valence-corrected chi connectivity index (χ1v) is 7.21. The summed E-state index contributed by atoms with van der Waals surface area (Å²) in [5.41, 5.74) is -4.31. The third kappa shape index (κ3) is 4.63. The normalized spacial score (nSPS) is 11.6. The molecule has 1 aromatic carbocycles. The number of ketones is 1. The molecule has 0 aliphatic rings. The van der Waals surface area contributed by atoms with Crippen molar-refractivity contribution >= 4 is 49.4 Å². The molecule has 7 heteroatoms. The Morgan fingerprint density at radius 3 is 2.53 bits per heavy atom. The second-order valence-corrected chi connectivity index (χ2v) is 5.78. The van der Waals surface area contributed by atoms with Crippen LogP contribution in [0.5, 0.6) is 0 Å². The summed E-state index contributed by atoms with van der Waals surface area (Å²) in [6.45, 7) is 0. The number of carbonyl (C=O) groups is 1. The van der Waals surface area contributed by atoms with Gasteiger partial charge in [-0.15, -0.1) is 0 Å². The molecule has 0 aromatic heterocycles. The first kappa shape index (κ1) is 15.0. The summed E-state index contributed by atoms with van der Waals surface area (Å²) >= 11 is 5.93. The number of alkyl halides is 4. The van der Waals surface area contributed by atoms with E-state index < -0.39 is 5.51 Å². The first-order chi connectivity index (χ1) is 7.85. The van der Waals surface area contributed by atoms with Gasteiger partial charge in [-0.25, -0.2) is 0 Å². The molecule has 94 valence electrons. The van der Waals surface area contributed by atoms with Crippen molar-refractivity contribution in [1.29, 1.82) is 0 Å². The minimum Gasteiger partial charge on any atom is -0.294 e. The number of Topliss-reactive ketones (excluding diaryl/α,β-unsaturated/α-hetero) is 1. The number of carbonyl (C=O) groups excluding carboxylic acids is 1. The molecule has 0 bridgehead atoms. The molecule has 0 N–H and O–H groups in total. The van der Waals surface area contributed by atoms with Crippen LogP contribution in [0, 0.1) is 0 Å². The van der Waals surface area contributed by atoms with E-state index in [1.54, 1.807) is 6.07 Å². The summed E-state index contributed by atoms with van der Waals surface area (Å²) in [4.78, 5) is 11.7. The molecule has 0 amide bonds. The van der Waals surface area contributed by atoms with E-state index in [0.29, 0.717) is 9.80 Å². The van der Waals surface area contributed by atoms with Crippen molar-refractivity contribution in [1.82, 2.24) is 0 Å². The highest BCUT2D eigenvalue weighted by molar-refractivity contribution is 9.10.